The van der Waals surface area contributed by atoms with Gasteiger partial charge in [-0.15, -0.1) is 0 Å². The van der Waals surface area contributed by atoms with Crippen molar-refractivity contribution in [2.45, 2.75) is 26.7 Å². The number of nitrogens with zero attached hydrogens (tertiary/aromatic N) is 5. The Balaban J connectivity index is 3.27. The molecule has 0 atom stereocenters. The van der Waals surface area contributed by atoms with Crippen LogP contribution in [-0.4, -0.2) is 79.8 Å². The molecule has 0 fully saturated rings. The standard InChI is InChI=1S/C19H31N7O2/c1-7-12-20-16(23-18(25(3)4)24-19(28)26(5)6)14-10-9-11-15(22-14)17(27)21-13-8-2/h9-11H,7-8,12-13H2,1-6H3,(H,21,27)(H,20,23,24,28). The number of carbonyl (C=O) groups is 2. The second-order valence-electron chi connectivity index (χ2n) is 6.52. The van der Waals surface area contributed by atoms with Gasteiger partial charge in [0.2, 0.25) is 5.96 Å². The first-order valence-corrected chi connectivity index (χ1v) is 9.34. The van der Waals surface area contributed by atoms with E-state index in [1.165, 1.54) is 4.90 Å². The monoisotopic (exact) mass is 389 g/mol. The second kappa shape index (κ2) is 11.7. The van der Waals surface area contributed by atoms with Crippen LogP contribution in [0.5, 0.6) is 0 Å². The number of aromatic nitrogens is 1. The third-order valence-electron chi connectivity index (χ3n) is 3.49. The summed E-state index contributed by atoms with van der Waals surface area (Å²) in [6.07, 6.45) is 1.67. The first-order chi connectivity index (χ1) is 13.3. The predicted octanol–water partition coefficient (Wildman–Crippen LogP) is 1.57. The van der Waals surface area contributed by atoms with Gasteiger partial charge in [0.1, 0.15) is 11.4 Å². The van der Waals surface area contributed by atoms with E-state index in [9.17, 15) is 9.59 Å². The van der Waals surface area contributed by atoms with E-state index in [-0.39, 0.29) is 11.9 Å². The summed E-state index contributed by atoms with van der Waals surface area (Å²) >= 11 is 0. The summed E-state index contributed by atoms with van der Waals surface area (Å²) in [7, 11) is 6.84. The van der Waals surface area contributed by atoms with E-state index in [4.69, 9.17) is 0 Å². The largest absolute Gasteiger partial charge is 0.351 e. The van der Waals surface area contributed by atoms with E-state index < -0.39 is 0 Å². The number of hydrogen-bond acceptors (Lipinski definition) is 4. The molecule has 0 aliphatic heterocycles. The minimum Gasteiger partial charge on any atom is -0.351 e. The molecule has 1 aromatic heterocycles. The summed E-state index contributed by atoms with van der Waals surface area (Å²) in [5.74, 6) is 0.446. The van der Waals surface area contributed by atoms with Crippen LogP contribution in [-0.2, 0) is 0 Å². The van der Waals surface area contributed by atoms with Crippen molar-refractivity contribution in [2.75, 3.05) is 41.3 Å². The van der Waals surface area contributed by atoms with Gasteiger partial charge in [-0.3, -0.25) is 15.1 Å². The van der Waals surface area contributed by atoms with E-state index in [0.717, 1.165) is 12.8 Å². The van der Waals surface area contributed by atoms with E-state index in [0.29, 0.717) is 36.3 Å². The smallest absolute Gasteiger partial charge is 0.323 e. The highest BCUT2D eigenvalue weighted by Crippen LogP contribution is 2.05. The first-order valence-electron chi connectivity index (χ1n) is 9.34. The lowest BCUT2D eigenvalue weighted by molar-refractivity contribution is 0.0948. The predicted molar refractivity (Wildman–Crippen MR) is 112 cm³/mol. The van der Waals surface area contributed by atoms with Crippen molar-refractivity contribution in [2.24, 2.45) is 9.98 Å². The molecule has 0 aliphatic rings. The van der Waals surface area contributed by atoms with Crippen molar-refractivity contribution < 1.29 is 9.59 Å². The van der Waals surface area contributed by atoms with Gasteiger partial charge < -0.3 is 15.1 Å². The van der Waals surface area contributed by atoms with Gasteiger partial charge in [0.15, 0.2) is 5.84 Å². The van der Waals surface area contributed by atoms with Crippen LogP contribution >= 0.6 is 0 Å². The Labute approximate surface area is 166 Å². The molecule has 1 aromatic rings. The third-order valence-corrected chi connectivity index (χ3v) is 3.49. The molecule has 0 aromatic carbocycles. The molecule has 28 heavy (non-hydrogen) atoms. The van der Waals surface area contributed by atoms with Gasteiger partial charge in [0, 0.05) is 41.3 Å². The summed E-state index contributed by atoms with van der Waals surface area (Å²) in [6.45, 7) is 5.13. The fourth-order valence-electron chi connectivity index (χ4n) is 1.95. The number of amides is 3. The summed E-state index contributed by atoms with van der Waals surface area (Å²) in [5.41, 5.74) is 0.769. The summed E-state index contributed by atoms with van der Waals surface area (Å²) < 4.78 is 0. The summed E-state index contributed by atoms with van der Waals surface area (Å²) in [4.78, 5) is 40.8. The third kappa shape index (κ3) is 7.34. The molecule has 0 unspecified atom stereocenters. The Hall–Kier alpha value is -2.97. The van der Waals surface area contributed by atoms with Gasteiger partial charge in [-0.2, -0.15) is 4.99 Å². The summed E-state index contributed by atoms with van der Waals surface area (Å²) in [5, 5.41) is 5.54. The first kappa shape index (κ1) is 23.1. The molecule has 9 heteroatoms. The van der Waals surface area contributed by atoms with Crippen LogP contribution in [0, 0.1) is 0 Å². The molecule has 0 bridgehead atoms. The van der Waals surface area contributed by atoms with Gasteiger partial charge in [-0.25, -0.2) is 9.78 Å². The Kier molecular flexibility index (Phi) is 9.63. The number of hydrogen-bond donors (Lipinski definition) is 2. The van der Waals surface area contributed by atoms with Crippen LogP contribution < -0.4 is 10.6 Å². The van der Waals surface area contributed by atoms with E-state index in [1.54, 1.807) is 51.3 Å². The number of pyridine rings is 1. The molecule has 2 N–H and O–H groups in total. The van der Waals surface area contributed by atoms with Crippen molar-refractivity contribution >= 4 is 23.7 Å². The van der Waals surface area contributed by atoms with Crippen LogP contribution in [0.15, 0.2) is 28.2 Å². The molecular weight excluding hydrogens is 358 g/mol. The van der Waals surface area contributed by atoms with Crippen molar-refractivity contribution in [3.05, 3.63) is 29.6 Å². The van der Waals surface area contributed by atoms with E-state index in [2.05, 4.69) is 25.6 Å². The zero-order chi connectivity index (χ0) is 21.1. The molecule has 0 aliphatic carbocycles. The molecule has 0 saturated heterocycles. The zero-order valence-corrected chi connectivity index (χ0v) is 17.6. The molecule has 0 radical (unpaired) electrons. The average Bonchev–Trinajstić information content (AvgIpc) is 2.67. The van der Waals surface area contributed by atoms with Crippen molar-refractivity contribution in [3.8, 4) is 0 Å². The SMILES string of the molecule is CCCN=C(N=C(NC(=O)N(C)C)N(C)C)c1cccc(C(=O)NCCC)n1. The molecule has 1 heterocycles. The molecule has 0 saturated carbocycles. The maximum atomic E-state index is 12.2. The van der Waals surface area contributed by atoms with Gasteiger partial charge >= 0.3 is 6.03 Å². The molecule has 154 valence electrons. The quantitative estimate of drug-likeness (QED) is 0.569. The maximum absolute atomic E-state index is 12.2. The minimum absolute atomic E-state index is 0.240. The Morgan fingerprint density at radius 1 is 1.04 bits per heavy atom. The molecule has 0 spiro atoms. The number of guanidine groups is 1. The number of carbonyl (C=O) groups excluding carboxylic acids is 2. The molecule has 9 nitrogen and oxygen atoms in total. The Morgan fingerprint density at radius 2 is 1.71 bits per heavy atom. The van der Waals surface area contributed by atoms with Gasteiger partial charge in [-0.1, -0.05) is 19.9 Å². The minimum atomic E-state index is -0.303. The van der Waals surface area contributed by atoms with E-state index in [1.807, 2.05) is 13.8 Å². The molecule has 3 amide bonds. The van der Waals surface area contributed by atoms with Gasteiger partial charge in [0.05, 0.1) is 0 Å². The number of amidine groups is 1. The van der Waals surface area contributed by atoms with Crippen LogP contribution in [0.4, 0.5) is 4.79 Å². The lowest BCUT2D eigenvalue weighted by Gasteiger charge is -2.19. The number of rotatable bonds is 6. The fourth-order valence-corrected chi connectivity index (χ4v) is 1.95. The lowest BCUT2D eigenvalue weighted by Crippen LogP contribution is -2.45. The van der Waals surface area contributed by atoms with Crippen molar-refractivity contribution in [1.82, 2.24) is 25.4 Å². The zero-order valence-electron chi connectivity index (χ0n) is 17.6. The number of aliphatic imine (C=N–C) groups is 2. The normalized spacial score (nSPS) is 11.8. The number of urea groups is 1. The Morgan fingerprint density at radius 3 is 2.29 bits per heavy atom. The summed E-state index contributed by atoms with van der Waals surface area (Å²) in [6, 6.07) is 4.84. The fraction of sp³-hybridized carbons (Fsp3) is 0.526. The highest BCUT2D eigenvalue weighted by molar-refractivity contribution is 6.08. The highest BCUT2D eigenvalue weighted by Gasteiger charge is 2.14. The van der Waals surface area contributed by atoms with Crippen LogP contribution in [0.1, 0.15) is 42.9 Å². The number of nitrogens with one attached hydrogen (secondary N) is 2. The maximum Gasteiger partial charge on any atom is 0.323 e. The second-order valence-corrected chi connectivity index (χ2v) is 6.52. The topological polar surface area (TPSA) is 102 Å². The molecular formula is C19H31N7O2. The van der Waals surface area contributed by atoms with Crippen molar-refractivity contribution in [3.63, 3.8) is 0 Å². The van der Waals surface area contributed by atoms with Crippen LogP contribution in [0.25, 0.3) is 0 Å². The lowest BCUT2D eigenvalue weighted by atomic mass is 10.2. The van der Waals surface area contributed by atoms with Crippen LogP contribution in [0.3, 0.4) is 0 Å². The van der Waals surface area contributed by atoms with Crippen molar-refractivity contribution in [1.29, 1.82) is 0 Å². The molecule has 1 rings (SSSR count). The van der Waals surface area contributed by atoms with Gasteiger partial charge in [0.25, 0.3) is 5.91 Å². The van der Waals surface area contributed by atoms with Crippen LogP contribution in [0.2, 0.25) is 0 Å². The average molecular weight is 390 g/mol. The van der Waals surface area contributed by atoms with E-state index >= 15 is 0 Å². The van der Waals surface area contributed by atoms with Gasteiger partial charge in [-0.05, 0) is 25.0 Å². The highest BCUT2D eigenvalue weighted by atomic mass is 16.2. The Bertz CT molecular complexity index is 727.